The van der Waals surface area contributed by atoms with Crippen LogP contribution in [0, 0.1) is 5.82 Å². The van der Waals surface area contributed by atoms with Crippen molar-refractivity contribution in [2.75, 3.05) is 0 Å². The van der Waals surface area contributed by atoms with Crippen molar-refractivity contribution in [1.82, 2.24) is 25.9 Å². The molecule has 0 aliphatic heterocycles. The molecule has 0 saturated heterocycles. The number of carbonyl (C=O) groups is 4. The van der Waals surface area contributed by atoms with Gasteiger partial charge in [-0.05, 0) is 42.3 Å². The minimum atomic E-state index is -1.26. The zero-order valence-corrected chi connectivity index (χ0v) is 21.1. The van der Waals surface area contributed by atoms with E-state index in [1.807, 2.05) is 30.3 Å². The molecule has 0 bridgehead atoms. The minimum Gasteiger partial charge on any atom is -0.370 e. The molecule has 12 heteroatoms. The molecule has 204 valence electrons. The molecule has 0 aliphatic rings. The largest absolute Gasteiger partial charge is 0.370 e. The predicted octanol–water partition coefficient (Wildman–Crippen LogP) is 1.41. The Morgan fingerprint density at radius 3 is 2.17 bits per heavy atom. The third kappa shape index (κ3) is 6.72. The lowest BCUT2D eigenvalue weighted by molar-refractivity contribution is -0.124. The Morgan fingerprint density at radius 2 is 1.50 bits per heavy atom. The van der Waals surface area contributed by atoms with Crippen LogP contribution in [0.3, 0.4) is 0 Å². The highest BCUT2D eigenvalue weighted by molar-refractivity contribution is 6.05. The maximum Gasteiger partial charge on any atom is 0.290 e. The van der Waals surface area contributed by atoms with Crippen molar-refractivity contribution in [1.29, 1.82) is 0 Å². The van der Waals surface area contributed by atoms with Gasteiger partial charge in [-0.15, -0.1) is 0 Å². The first-order chi connectivity index (χ1) is 19.2. The Hall–Kier alpha value is -5.39. The van der Waals surface area contributed by atoms with Crippen molar-refractivity contribution >= 4 is 34.4 Å². The van der Waals surface area contributed by atoms with Gasteiger partial charge in [-0.2, -0.15) is 5.10 Å². The van der Waals surface area contributed by atoms with Crippen LogP contribution in [0.5, 0.6) is 0 Å². The number of hydrogen-bond acceptors (Lipinski definition) is 6. The van der Waals surface area contributed by atoms with E-state index < -0.39 is 41.0 Å². The molecule has 0 aliphatic carbocycles. The Kier molecular flexibility index (Phi) is 8.59. The molecule has 1 atom stereocenters. The van der Waals surface area contributed by atoms with Gasteiger partial charge in [0.2, 0.25) is 5.91 Å². The predicted molar refractivity (Wildman–Crippen MR) is 143 cm³/mol. The summed E-state index contributed by atoms with van der Waals surface area (Å²) in [5.41, 5.74) is 10.1. The second-order valence-electron chi connectivity index (χ2n) is 8.82. The van der Waals surface area contributed by atoms with E-state index in [1.54, 1.807) is 24.3 Å². The number of amides is 4. The average molecular weight is 545 g/mol. The fourth-order valence-electron chi connectivity index (χ4n) is 3.93. The first-order valence-corrected chi connectivity index (χ1v) is 12.2. The SMILES string of the molecule is NC(=O)CCC(NC(=O)c1ccc(F)cc1)C(=O)NNC(=O)c1nn(Cc2ccccc2)c(=O)c2ccccc12. The smallest absolute Gasteiger partial charge is 0.290 e. The van der Waals surface area contributed by atoms with Crippen LogP contribution in [0.15, 0.2) is 83.7 Å². The van der Waals surface area contributed by atoms with E-state index in [-0.39, 0.29) is 41.4 Å². The number of fused-ring (bicyclic) bond motifs is 1. The summed E-state index contributed by atoms with van der Waals surface area (Å²) in [6.07, 6.45) is -0.389. The van der Waals surface area contributed by atoms with Crippen molar-refractivity contribution in [3.63, 3.8) is 0 Å². The lowest BCUT2D eigenvalue weighted by Gasteiger charge is -2.18. The van der Waals surface area contributed by atoms with Gasteiger partial charge in [0, 0.05) is 17.4 Å². The van der Waals surface area contributed by atoms with E-state index in [2.05, 4.69) is 21.3 Å². The van der Waals surface area contributed by atoms with E-state index in [0.29, 0.717) is 0 Å². The van der Waals surface area contributed by atoms with Crippen LogP contribution in [-0.2, 0) is 16.1 Å². The summed E-state index contributed by atoms with van der Waals surface area (Å²) >= 11 is 0. The van der Waals surface area contributed by atoms with Gasteiger partial charge < -0.3 is 11.1 Å². The highest BCUT2D eigenvalue weighted by Crippen LogP contribution is 2.14. The first-order valence-electron chi connectivity index (χ1n) is 12.2. The molecule has 0 spiro atoms. The molecule has 4 rings (SSSR count). The third-order valence-corrected chi connectivity index (χ3v) is 5.96. The fourth-order valence-corrected chi connectivity index (χ4v) is 3.93. The molecule has 40 heavy (non-hydrogen) atoms. The number of aromatic nitrogens is 2. The van der Waals surface area contributed by atoms with Crippen molar-refractivity contribution < 1.29 is 23.6 Å². The number of carbonyl (C=O) groups excluding carboxylic acids is 4. The molecular weight excluding hydrogens is 519 g/mol. The van der Waals surface area contributed by atoms with E-state index in [9.17, 15) is 28.4 Å². The third-order valence-electron chi connectivity index (χ3n) is 5.96. The molecule has 1 aromatic heterocycles. The number of rotatable bonds is 9. The molecule has 5 N–H and O–H groups in total. The molecule has 1 heterocycles. The number of benzene rings is 3. The van der Waals surface area contributed by atoms with Crippen LogP contribution in [0.25, 0.3) is 10.8 Å². The molecule has 1 unspecified atom stereocenters. The normalized spacial score (nSPS) is 11.4. The van der Waals surface area contributed by atoms with Gasteiger partial charge >= 0.3 is 0 Å². The van der Waals surface area contributed by atoms with Gasteiger partial charge in [-0.1, -0.05) is 48.5 Å². The van der Waals surface area contributed by atoms with Crippen molar-refractivity contribution in [3.8, 4) is 0 Å². The summed E-state index contributed by atoms with van der Waals surface area (Å²) in [7, 11) is 0. The Labute approximate surface area is 227 Å². The molecule has 11 nitrogen and oxygen atoms in total. The number of nitrogens with two attached hydrogens (primary N) is 1. The van der Waals surface area contributed by atoms with Crippen molar-refractivity contribution in [3.05, 3.63) is 112 Å². The number of halogens is 1. The number of hydrogen-bond donors (Lipinski definition) is 4. The number of primary amides is 1. The lowest BCUT2D eigenvalue weighted by atomic mass is 10.1. The summed E-state index contributed by atoms with van der Waals surface area (Å²) in [4.78, 5) is 63.0. The summed E-state index contributed by atoms with van der Waals surface area (Å²) < 4.78 is 14.4. The minimum absolute atomic E-state index is 0.0821. The zero-order chi connectivity index (χ0) is 28.6. The summed E-state index contributed by atoms with van der Waals surface area (Å²) in [5, 5.41) is 7.24. The van der Waals surface area contributed by atoms with E-state index in [0.717, 1.165) is 22.4 Å². The van der Waals surface area contributed by atoms with Gasteiger partial charge in [0.1, 0.15) is 11.9 Å². The number of nitrogens with zero attached hydrogens (tertiary/aromatic N) is 2. The van der Waals surface area contributed by atoms with Gasteiger partial charge in [0.15, 0.2) is 5.69 Å². The highest BCUT2D eigenvalue weighted by atomic mass is 19.1. The fraction of sp³-hybridized carbons (Fsp3) is 0.143. The van der Waals surface area contributed by atoms with Gasteiger partial charge in [-0.25, -0.2) is 9.07 Å². The van der Waals surface area contributed by atoms with Crippen molar-refractivity contribution in [2.45, 2.75) is 25.4 Å². The summed E-state index contributed by atoms with van der Waals surface area (Å²) in [6.45, 7) is 0.113. The maximum absolute atomic E-state index is 13.2. The Morgan fingerprint density at radius 1 is 0.850 bits per heavy atom. The van der Waals surface area contributed by atoms with Gasteiger partial charge in [0.25, 0.3) is 23.3 Å². The van der Waals surface area contributed by atoms with Crippen LogP contribution < -0.4 is 27.5 Å². The monoisotopic (exact) mass is 544 g/mol. The lowest BCUT2D eigenvalue weighted by Crippen LogP contribution is -2.52. The Balaban J connectivity index is 1.53. The Bertz CT molecular complexity index is 1620. The van der Waals surface area contributed by atoms with E-state index >= 15 is 0 Å². The van der Waals surface area contributed by atoms with Crippen LogP contribution in [0.1, 0.15) is 39.3 Å². The molecular formula is C28H25FN6O5. The molecule has 0 radical (unpaired) electrons. The summed E-state index contributed by atoms with van der Waals surface area (Å²) in [5.74, 6) is -3.60. The van der Waals surface area contributed by atoms with E-state index in [4.69, 9.17) is 5.73 Å². The number of nitrogens with one attached hydrogen (secondary N) is 3. The van der Waals surface area contributed by atoms with E-state index in [1.165, 1.54) is 12.1 Å². The number of hydrazine groups is 1. The second-order valence-corrected chi connectivity index (χ2v) is 8.82. The highest BCUT2D eigenvalue weighted by Gasteiger charge is 2.24. The molecule has 0 fully saturated rings. The quantitative estimate of drug-likeness (QED) is 0.233. The maximum atomic E-state index is 13.2. The van der Waals surface area contributed by atoms with Gasteiger partial charge in [0.05, 0.1) is 11.9 Å². The molecule has 4 amide bonds. The molecule has 0 saturated carbocycles. The van der Waals surface area contributed by atoms with Gasteiger partial charge in [-0.3, -0.25) is 34.8 Å². The molecule has 4 aromatic rings. The average Bonchev–Trinajstić information content (AvgIpc) is 2.96. The van der Waals surface area contributed by atoms with Crippen molar-refractivity contribution in [2.24, 2.45) is 5.73 Å². The zero-order valence-electron chi connectivity index (χ0n) is 21.1. The summed E-state index contributed by atoms with van der Waals surface area (Å²) in [6, 6.07) is 18.9. The topological polar surface area (TPSA) is 165 Å². The van der Waals surface area contributed by atoms with Crippen LogP contribution >= 0.6 is 0 Å². The first kappa shape index (κ1) is 27.6. The second kappa shape index (κ2) is 12.4. The van der Waals surface area contributed by atoms with Crippen LogP contribution in [0.2, 0.25) is 0 Å². The van der Waals surface area contributed by atoms with Crippen LogP contribution in [0.4, 0.5) is 4.39 Å². The standard InChI is InChI=1S/C28H25FN6O5/c29-19-12-10-18(11-13-19)25(37)31-22(14-15-23(30)36)26(38)32-33-27(39)24-20-8-4-5-9-21(20)28(40)35(34-24)16-17-6-2-1-3-7-17/h1-13,22H,14-16H2,(H2,30,36)(H,31,37)(H,32,38)(H,33,39). The van der Waals surface area contributed by atoms with Crippen LogP contribution in [-0.4, -0.2) is 39.5 Å². The molecule has 3 aromatic carbocycles.